The quantitative estimate of drug-likeness (QED) is 0.588. The van der Waals surface area contributed by atoms with E-state index in [1.807, 2.05) is 32.9 Å². The molecule has 0 radical (unpaired) electrons. The molecule has 3 nitrogen and oxygen atoms in total. The van der Waals surface area contributed by atoms with Crippen LogP contribution in [0.4, 0.5) is 4.79 Å². The number of hydrogen-bond donors (Lipinski definition) is 0. The van der Waals surface area contributed by atoms with Crippen LogP contribution in [0.5, 0.6) is 0 Å². The van der Waals surface area contributed by atoms with Gasteiger partial charge in [0.05, 0.1) is 0 Å². The second-order valence-corrected chi connectivity index (χ2v) is 9.76. The SMILES string of the molecule is CC(C)(C)OC(=O)n1cccc1CCP(c1ccccc1)c1ccccc1. The normalized spacial score (nSPS) is 11.6. The molecule has 0 aliphatic rings. The van der Waals surface area contributed by atoms with Crippen LogP contribution in [0.1, 0.15) is 26.5 Å². The van der Waals surface area contributed by atoms with Gasteiger partial charge in [-0.25, -0.2) is 4.79 Å². The van der Waals surface area contributed by atoms with E-state index in [1.54, 1.807) is 10.8 Å². The Labute approximate surface area is 162 Å². The van der Waals surface area contributed by atoms with Crippen LogP contribution in [0.25, 0.3) is 0 Å². The number of hydrogen-bond acceptors (Lipinski definition) is 2. The minimum atomic E-state index is -0.501. The first-order valence-corrected chi connectivity index (χ1v) is 10.7. The van der Waals surface area contributed by atoms with E-state index in [4.69, 9.17) is 4.74 Å². The lowest BCUT2D eigenvalue weighted by molar-refractivity contribution is 0.0533. The molecule has 0 amide bonds. The van der Waals surface area contributed by atoms with Gasteiger partial charge in [0.15, 0.2) is 0 Å². The van der Waals surface area contributed by atoms with Crippen molar-refractivity contribution in [2.45, 2.75) is 32.8 Å². The summed E-state index contributed by atoms with van der Waals surface area (Å²) in [6.07, 6.45) is 3.28. The van der Waals surface area contributed by atoms with E-state index in [0.29, 0.717) is 0 Å². The molecular weight excluding hydrogens is 353 g/mol. The third-order valence-electron chi connectivity index (χ3n) is 4.15. The number of rotatable bonds is 5. The van der Waals surface area contributed by atoms with Crippen LogP contribution >= 0.6 is 7.92 Å². The molecule has 4 heteroatoms. The highest BCUT2D eigenvalue weighted by atomic mass is 31.1. The van der Waals surface area contributed by atoms with Crippen molar-refractivity contribution in [3.63, 3.8) is 0 Å². The first kappa shape index (κ1) is 19.4. The Morgan fingerprint density at radius 2 is 1.44 bits per heavy atom. The van der Waals surface area contributed by atoms with Gasteiger partial charge in [-0.3, -0.25) is 4.57 Å². The van der Waals surface area contributed by atoms with Gasteiger partial charge >= 0.3 is 6.09 Å². The number of nitrogens with zero attached hydrogens (tertiary/aromatic N) is 1. The summed E-state index contributed by atoms with van der Waals surface area (Å²) in [4.78, 5) is 12.5. The van der Waals surface area contributed by atoms with Crippen molar-refractivity contribution in [1.29, 1.82) is 0 Å². The Morgan fingerprint density at radius 1 is 0.889 bits per heavy atom. The van der Waals surface area contributed by atoms with Crippen LogP contribution < -0.4 is 10.6 Å². The number of aromatic nitrogens is 1. The minimum Gasteiger partial charge on any atom is -0.443 e. The number of aryl methyl sites for hydroxylation is 1. The Morgan fingerprint density at radius 3 is 1.96 bits per heavy atom. The van der Waals surface area contributed by atoms with Gasteiger partial charge in [0.1, 0.15) is 5.60 Å². The second-order valence-electron chi connectivity index (χ2n) is 7.42. The lowest BCUT2D eigenvalue weighted by Gasteiger charge is -2.21. The van der Waals surface area contributed by atoms with Crippen molar-refractivity contribution < 1.29 is 9.53 Å². The predicted octanol–water partition coefficient (Wildman–Crippen LogP) is 4.95. The lowest BCUT2D eigenvalue weighted by atomic mass is 10.2. The molecule has 140 valence electrons. The van der Waals surface area contributed by atoms with Crippen LogP contribution in [-0.2, 0) is 11.2 Å². The van der Waals surface area contributed by atoms with Crippen molar-refractivity contribution >= 4 is 24.6 Å². The number of benzene rings is 2. The summed E-state index contributed by atoms with van der Waals surface area (Å²) in [6, 6.07) is 25.2. The molecular formula is C23H26NO2P. The van der Waals surface area contributed by atoms with E-state index in [1.165, 1.54) is 10.6 Å². The Bertz CT molecular complexity index is 827. The highest BCUT2D eigenvalue weighted by Gasteiger charge is 2.20. The number of carbonyl (C=O) groups excluding carboxylic acids is 1. The third kappa shape index (κ3) is 5.30. The Balaban J connectivity index is 1.79. The first-order chi connectivity index (χ1) is 12.9. The van der Waals surface area contributed by atoms with Crippen LogP contribution in [0.2, 0.25) is 0 Å². The summed E-state index contributed by atoms with van der Waals surface area (Å²) in [5.41, 5.74) is 0.489. The summed E-state index contributed by atoms with van der Waals surface area (Å²) < 4.78 is 7.16. The van der Waals surface area contributed by atoms with Crippen molar-refractivity contribution in [3.05, 3.63) is 84.7 Å². The zero-order chi connectivity index (χ0) is 19.3. The van der Waals surface area contributed by atoms with Gasteiger partial charge in [-0.2, -0.15) is 0 Å². The maximum Gasteiger partial charge on any atom is 0.418 e. The Hall–Kier alpha value is -2.38. The van der Waals surface area contributed by atoms with Crippen LogP contribution in [-0.4, -0.2) is 22.4 Å². The number of carbonyl (C=O) groups is 1. The highest BCUT2D eigenvalue weighted by molar-refractivity contribution is 7.73. The average Bonchev–Trinajstić information content (AvgIpc) is 3.11. The molecule has 1 heterocycles. The van der Waals surface area contributed by atoms with E-state index >= 15 is 0 Å². The topological polar surface area (TPSA) is 31.2 Å². The molecule has 0 spiro atoms. The fourth-order valence-corrected chi connectivity index (χ4v) is 5.29. The van der Waals surface area contributed by atoms with E-state index in [0.717, 1.165) is 18.3 Å². The zero-order valence-electron chi connectivity index (χ0n) is 16.1. The summed E-state index contributed by atoms with van der Waals surface area (Å²) in [7, 11) is -0.480. The predicted molar refractivity (Wildman–Crippen MR) is 114 cm³/mol. The van der Waals surface area contributed by atoms with Gasteiger partial charge in [-0.05, 0) is 64.0 Å². The molecule has 3 aromatic rings. The maximum atomic E-state index is 12.5. The fraction of sp³-hybridized carbons (Fsp3) is 0.261. The Kier molecular flexibility index (Phi) is 6.13. The summed E-state index contributed by atoms with van der Waals surface area (Å²) in [6.45, 7) is 5.66. The van der Waals surface area contributed by atoms with Crippen LogP contribution in [0.3, 0.4) is 0 Å². The molecule has 1 aromatic heterocycles. The fourth-order valence-electron chi connectivity index (χ4n) is 2.96. The highest BCUT2D eigenvalue weighted by Crippen LogP contribution is 2.34. The van der Waals surface area contributed by atoms with E-state index < -0.39 is 13.5 Å². The van der Waals surface area contributed by atoms with Crippen molar-refractivity contribution in [2.24, 2.45) is 0 Å². The standard InChI is InChI=1S/C23H26NO2P/c1-23(2,3)26-22(25)24-17-10-11-19(24)16-18-27(20-12-6-4-7-13-20)21-14-8-5-9-15-21/h4-15,17H,16,18H2,1-3H3. The molecule has 3 rings (SSSR count). The van der Waals surface area contributed by atoms with Crippen LogP contribution in [0.15, 0.2) is 79.0 Å². The van der Waals surface area contributed by atoms with Gasteiger partial charge in [-0.15, -0.1) is 0 Å². The molecule has 0 saturated heterocycles. The molecule has 0 fully saturated rings. The molecule has 0 aliphatic carbocycles. The lowest BCUT2D eigenvalue weighted by Crippen LogP contribution is -2.28. The molecule has 0 bridgehead atoms. The second kappa shape index (κ2) is 8.54. The maximum absolute atomic E-state index is 12.5. The molecule has 0 atom stereocenters. The molecule has 0 N–H and O–H groups in total. The van der Waals surface area contributed by atoms with Gasteiger partial charge < -0.3 is 4.74 Å². The molecule has 0 aliphatic heterocycles. The van der Waals surface area contributed by atoms with E-state index in [9.17, 15) is 4.79 Å². The summed E-state index contributed by atoms with van der Waals surface area (Å²) in [5, 5.41) is 2.71. The summed E-state index contributed by atoms with van der Waals surface area (Å²) in [5.74, 6) is 0. The van der Waals surface area contributed by atoms with Crippen LogP contribution in [0, 0.1) is 0 Å². The first-order valence-electron chi connectivity index (χ1n) is 9.21. The zero-order valence-corrected chi connectivity index (χ0v) is 17.0. The molecule has 0 unspecified atom stereocenters. The smallest absolute Gasteiger partial charge is 0.418 e. The molecule has 27 heavy (non-hydrogen) atoms. The average molecular weight is 379 g/mol. The monoisotopic (exact) mass is 379 g/mol. The third-order valence-corrected chi connectivity index (χ3v) is 6.66. The molecule has 2 aromatic carbocycles. The summed E-state index contributed by atoms with van der Waals surface area (Å²) >= 11 is 0. The van der Waals surface area contributed by atoms with Gasteiger partial charge in [0, 0.05) is 11.9 Å². The van der Waals surface area contributed by atoms with Crippen molar-refractivity contribution in [2.75, 3.05) is 6.16 Å². The van der Waals surface area contributed by atoms with Gasteiger partial charge in [0.2, 0.25) is 0 Å². The van der Waals surface area contributed by atoms with Gasteiger partial charge in [0.25, 0.3) is 0 Å². The van der Waals surface area contributed by atoms with Crippen molar-refractivity contribution in [3.8, 4) is 0 Å². The van der Waals surface area contributed by atoms with Crippen molar-refractivity contribution in [1.82, 2.24) is 4.57 Å². The van der Waals surface area contributed by atoms with E-state index in [2.05, 4.69) is 60.7 Å². The number of ether oxygens (including phenoxy) is 1. The van der Waals surface area contributed by atoms with E-state index in [-0.39, 0.29) is 6.09 Å². The minimum absolute atomic E-state index is 0.314. The molecule has 0 saturated carbocycles. The largest absolute Gasteiger partial charge is 0.443 e. The van der Waals surface area contributed by atoms with Gasteiger partial charge in [-0.1, -0.05) is 60.7 Å².